The van der Waals surface area contributed by atoms with E-state index in [0.717, 1.165) is 31.7 Å². The summed E-state index contributed by atoms with van der Waals surface area (Å²) in [4.78, 5) is 13.5. The zero-order chi connectivity index (χ0) is 20.7. The highest BCUT2D eigenvalue weighted by Crippen LogP contribution is 2.37. The van der Waals surface area contributed by atoms with Crippen molar-refractivity contribution < 1.29 is 14.6 Å². The lowest BCUT2D eigenvalue weighted by molar-refractivity contribution is -0.147. The van der Waals surface area contributed by atoms with Gasteiger partial charge in [0.2, 0.25) is 0 Å². The number of hydrogen-bond acceptors (Lipinski definition) is 4. The van der Waals surface area contributed by atoms with Crippen LogP contribution in [-0.2, 0) is 24.5 Å². The predicted octanol–water partition coefficient (Wildman–Crippen LogP) is 5.48. The van der Waals surface area contributed by atoms with Crippen LogP contribution in [-0.4, -0.2) is 22.0 Å². The minimum Gasteiger partial charge on any atom is -0.489 e. The van der Waals surface area contributed by atoms with Crippen molar-refractivity contribution in [1.82, 2.24) is 4.90 Å². The molecule has 0 radical (unpaired) electrons. The molecule has 0 atom stereocenters. The second-order valence-corrected chi connectivity index (χ2v) is 9.23. The van der Waals surface area contributed by atoms with Crippen molar-refractivity contribution >= 4 is 17.3 Å². The summed E-state index contributed by atoms with van der Waals surface area (Å²) >= 11 is 1.72. The van der Waals surface area contributed by atoms with Crippen LogP contribution in [0.4, 0.5) is 0 Å². The Kier molecular flexibility index (Phi) is 5.09. The highest BCUT2D eigenvalue weighted by Gasteiger charge is 2.39. The van der Waals surface area contributed by atoms with Crippen LogP contribution in [0.25, 0.3) is 11.1 Å². The third-order valence-electron chi connectivity index (χ3n) is 6.43. The molecule has 1 aromatic heterocycles. The molecule has 30 heavy (non-hydrogen) atoms. The van der Waals surface area contributed by atoms with Crippen molar-refractivity contribution in [1.29, 1.82) is 0 Å². The van der Waals surface area contributed by atoms with E-state index in [1.54, 1.807) is 11.3 Å². The molecule has 0 saturated heterocycles. The van der Waals surface area contributed by atoms with E-state index in [-0.39, 0.29) is 5.92 Å². The van der Waals surface area contributed by atoms with Crippen molar-refractivity contribution in [3.8, 4) is 16.9 Å². The summed E-state index contributed by atoms with van der Waals surface area (Å²) in [6, 6.07) is 15.4. The molecule has 1 N–H and O–H groups in total. The zero-order valence-corrected chi connectivity index (χ0v) is 17.8. The first-order valence-electron chi connectivity index (χ1n) is 10.4. The summed E-state index contributed by atoms with van der Waals surface area (Å²) in [6.45, 7) is 4.50. The first kappa shape index (κ1) is 19.3. The maximum Gasteiger partial charge on any atom is 0.306 e. The average Bonchev–Trinajstić information content (AvgIpc) is 3.34. The Hall–Kier alpha value is -2.63. The maximum absolute atomic E-state index is 11.1. The minimum atomic E-state index is -0.655. The predicted molar refractivity (Wildman–Crippen MR) is 119 cm³/mol. The smallest absolute Gasteiger partial charge is 0.306 e. The Morgan fingerprint density at radius 3 is 2.70 bits per heavy atom. The number of carboxylic acid groups (broad SMARTS) is 1. The number of aliphatic carboxylic acids is 1. The average molecular weight is 420 g/mol. The van der Waals surface area contributed by atoms with Crippen LogP contribution in [0.15, 0.2) is 53.2 Å². The summed E-state index contributed by atoms with van der Waals surface area (Å²) in [5, 5.41) is 13.4. The van der Waals surface area contributed by atoms with E-state index in [0.29, 0.717) is 12.6 Å². The molecule has 1 saturated carbocycles. The first-order chi connectivity index (χ1) is 14.6. The number of hydrogen-bond donors (Lipinski definition) is 1. The molecule has 5 rings (SSSR count). The number of benzene rings is 2. The highest BCUT2D eigenvalue weighted by molar-refractivity contribution is 7.08. The summed E-state index contributed by atoms with van der Waals surface area (Å²) in [7, 11) is 0. The monoisotopic (exact) mass is 419 g/mol. The molecule has 1 aliphatic carbocycles. The van der Waals surface area contributed by atoms with Gasteiger partial charge in [-0.25, -0.2) is 0 Å². The number of rotatable bonds is 6. The second-order valence-electron chi connectivity index (χ2n) is 8.45. The molecule has 2 aromatic carbocycles. The van der Waals surface area contributed by atoms with E-state index in [4.69, 9.17) is 9.84 Å². The van der Waals surface area contributed by atoms with Crippen LogP contribution in [0.5, 0.6) is 5.75 Å². The van der Waals surface area contributed by atoms with Gasteiger partial charge >= 0.3 is 5.97 Å². The highest BCUT2D eigenvalue weighted by atomic mass is 32.1. The van der Waals surface area contributed by atoms with Crippen LogP contribution >= 0.6 is 11.3 Å². The van der Waals surface area contributed by atoms with Gasteiger partial charge in [-0.05, 0) is 82.1 Å². The molecule has 1 aliphatic heterocycles. The second kappa shape index (κ2) is 7.89. The van der Waals surface area contributed by atoms with E-state index in [2.05, 4.69) is 65.0 Å². The Morgan fingerprint density at radius 2 is 1.97 bits per heavy atom. The van der Waals surface area contributed by atoms with Crippen molar-refractivity contribution in [2.24, 2.45) is 5.92 Å². The quantitative estimate of drug-likeness (QED) is 0.575. The van der Waals surface area contributed by atoms with Crippen molar-refractivity contribution in [3.05, 3.63) is 75.5 Å². The fourth-order valence-electron chi connectivity index (χ4n) is 4.56. The van der Waals surface area contributed by atoms with Gasteiger partial charge < -0.3 is 9.84 Å². The van der Waals surface area contributed by atoms with Crippen molar-refractivity contribution in [2.75, 3.05) is 0 Å². The molecule has 4 nitrogen and oxygen atoms in total. The van der Waals surface area contributed by atoms with Crippen LogP contribution in [0.1, 0.15) is 35.1 Å². The molecular weight excluding hydrogens is 394 g/mol. The largest absolute Gasteiger partial charge is 0.489 e. The van der Waals surface area contributed by atoms with Crippen molar-refractivity contribution in [2.45, 2.75) is 45.5 Å². The molecule has 0 spiro atoms. The minimum absolute atomic E-state index is 0.160. The number of aryl methyl sites for hydroxylation is 1. The van der Waals surface area contributed by atoms with Gasteiger partial charge in [0.05, 0.1) is 5.92 Å². The van der Waals surface area contributed by atoms with Gasteiger partial charge in [0, 0.05) is 19.1 Å². The first-order valence-corrected chi connectivity index (χ1v) is 11.3. The number of carboxylic acids is 1. The summed E-state index contributed by atoms with van der Waals surface area (Å²) in [5.41, 5.74) is 7.61. The number of carbonyl (C=O) groups is 1. The standard InChI is InChI=1S/C25H25NO3S/c1-16-8-17(2-5-24(16)19-6-7-30-15-19)14-29-23-4-3-18-12-26(13-21(18)11-23)22-9-20(10-22)25(27)28/h2-8,11,15,20,22H,9-10,12-14H2,1H3,(H,27,28). The molecule has 154 valence electrons. The van der Waals surface area contributed by atoms with E-state index >= 15 is 0 Å². The molecule has 5 heteroatoms. The maximum atomic E-state index is 11.1. The molecular formula is C25H25NO3S. The molecule has 2 heterocycles. The van der Waals surface area contributed by atoms with Gasteiger partial charge in [-0.3, -0.25) is 9.69 Å². The summed E-state index contributed by atoms with van der Waals surface area (Å²) in [6.07, 6.45) is 1.54. The Morgan fingerprint density at radius 1 is 1.13 bits per heavy atom. The topological polar surface area (TPSA) is 49.8 Å². The molecule has 2 aliphatic rings. The third-order valence-corrected chi connectivity index (χ3v) is 7.12. The zero-order valence-electron chi connectivity index (χ0n) is 17.0. The number of thiophene rings is 1. The van der Waals surface area contributed by atoms with E-state index in [1.165, 1.54) is 33.4 Å². The Labute approximate surface area is 180 Å². The van der Waals surface area contributed by atoms with Gasteiger partial charge in [-0.15, -0.1) is 0 Å². The lowest BCUT2D eigenvalue weighted by Crippen LogP contribution is -2.44. The number of fused-ring (bicyclic) bond motifs is 1. The van der Waals surface area contributed by atoms with Crippen molar-refractivity contribution in [3.63, 3.8) is 0 Å². The molecule has 3 aromatic rings. The molecule has 0 amide bonds. The third kappa shape index (κ3) is 3.75. The lowest BCUT2D eigenvalue weighted by Gasteiger charge is -2.39. The Bertz CT molecular complexity index is 1070. The van der Waals surface area contributed by atoms with Crippen LogP contribution < -0.4 is 4.74 Å². The lowest BCUT2D eigenvalue weighted by atomic mass is 9.79. The van der Waals surface area contributed by atoms with Crippen LogP contribution in [0.3, 0.4) is 0 Å². The Balaban J connectivity index is 1.20. The fraction of sp³-hybridized carbons (Fsp3) is 0.320. The van der Waals surface area contributed by atoms with Gasteiger partial charge in [0.25, 0.3) is 0 Å². The van der Waals surface area contributed by atoms with Crippen LogP contribution in [0, 0.1) is 12.8 Å². The van der Waals surface area contributed by atoms with E-state index < -0.39 is 5.97 Å². The summed E-state index contributed by atoms with van der Waals surface area (Å²) < 4.78 is 6.09. The summed E-state index contributed by atoms with van der Waals surface area (Å²) in [5.74, 6) is 0.0802. The fourth-order valence-corrected chi connectivity index (χ4v) is 5.21. The SMILES string of the molecule is Cc1cc(COc2ccc3c(c2)CN(C2CC(C(=O)O)C2)C3)ccc1-c1ccsc1. The van der Waals surface area contributed by atoms with Gasteiger partial charge in [0.15, 0.2) is 0 Å². The normalized spacial score (nSPS) is 20.6. The molecule has 0 unspecified atom stereocenters. The van der Waals surface area contributed by atoms with E-state index in [1.807, 2.05) is 0 Å². The van der Waals surface area contributed by atoms with Crippen LogP contribution in [0.2, 0.25) is 0 Å². The van der Waals surface area contributed by atoms with Gasteiger partial charge in [-0.1, -0.05) is 24.3 Å². The van der Waals surface area contributed by atoms with E-state index in [9.17, 15) is 4.79 Å². The number of nitrogens with zero attached hydrogens (tertiary/aromatic N) is 1. The number of ether oxygens (including phenoxy) is 1. The molecule has 1 fully saturated rings. The van der Waals surface area contributed by atoms with Gasteiger partial charge in [0.1, 0.15) is 12.4 Å². The molecule has 0 bridgehead atoms. The van der Waals surface area contributed by atoms with Gasteiger partial charge in [-0.2, -0.15) is 11.3 Å².